The quantitative estimate of drug-likeness (QED) is 0.338. The molecule has 1 aromatic heterocycles. The largest absolute Gasteiger partial charge is 0.274 e. The zero-order valence-electron chi connectivity index (χ0n) is 16.6. The molecule has 1 aliphatic rings. The maximum atomic E-state index is 13.5. The molecule has 1 fully saturated rings. The molecule has 164 valence electrons. The first kappa shape index (κ1) is 22.5. The van der Waals surface area contributed by atoms with Crippen molar-refractivity contribution in [3.05, 3.63) is 88.0 Å². The molecule has 1 atom stereocenters. The summed E-state index contributed by atoms with van der Waals surface area (Å²) in [6.45, 7) is -0.169. The van der Waals surface area contributed by atoms with Crippen LogP contribution in [-0.2, 0) is 26.2 Å². The van der Waals surface area contributed by atoms with Gasteiger partial charge in [0.25, 0.3) is 5.91 Å². The van der Waals surface area contributed by atoms with Crippen molar-refractivity contribution in [2.45, 2.75) is 23.9 Å². The van der Waals surface area contributed by atoms with Gasteiger partial charge < -0.3 is 0 Å². The van der Waals surface area contributed by atoms with Crippen molar-refractivity contribution in [2.24, 2.45) is 0 Å². The van der Waals surface area contributed by atoms with Crippen LogP contribution in [0.25, 0.3) is 0 Å². The summed E-state index contributed by atoms with van der Waals surface area (Å²) >= 11 is 2.11. The van der Waals surface area contributed by atoms with E-state index in [4.69, 9.17) is 0 Å². The number of anilines is 1. The van der Waals surface area contributed by atoms with E-state index >= 15 is 0 Å². The van der Waals surface area contributed by atoms with Gasteiger partial charge in [-0.25, -0.2) is 17.7 Å². The van der Waals surface area contributed by atoms with E-state index in [1.807, 2.05) is 0 Å². The smallest absolute Gasteiger partial charge is 0.252 e. The second-order valence-electron chi connectivity index (χ2n) is 7.13. The van der Waals surface area contributed by atoms with Gasteiger partial charge in [-0.2, -0.15) is 4.31 Å². The number of nitrogens with zero attached hydrogens (tertiary/aromatic N) is 3. The van der Waals surface area contributed by atoms with Crippen LogP contribution in [0.5, 0.6) is 0 Å². The first-order valence-electron chi connectivity index (χ1n) is 9.56. The first-order valence-corrected chi connectivity index (χ1v) is 12.1. The minimum atomic E-state index is -4.23. The van der Waals surface area contributed by atoms with Crippen LogP contribution in [-0.4, -0.2) is 35.6 Å². The SMILES string of the molecule is O=C1CC(N(Cc2cccnc2)S(=O)(=O)c2ccc(F)cc2)C(=O)N1c1ccc(I)cc1. The summed E-state index contributed by atoms with van der Waals surface area (Å²) in [7, 11) is -4.23. The number of carbonyl (C=O) groups is 2. The molecule has 10 heteroatoms. The summed E-state index contributed by atoms with van der Waals surface area (Å²) in [4.78, 5) is 30.9. The number of amides is 2. The number of hydrogen-bond acceptors (Lipinski definition) is 5. The number of pyridine rings is 1. The molecule has 0 bridgehead atoms. The predicted octanol–water partition coefficient (Wildman–Crippen LogP) is 3.35. The van der Waals surface area contributed by atoms with E-state index in [2.05, 4.69) is 27.6 Å². The molecule has 2 heterocycles. The maximum absolute atomic E-state index is 13.5. The van der Waals surface area contributed by atoms with Gasteiger partial charge in [-0.05, 0) is 82.8 Å². The summed E-state index contributed by atoms with van der Waals surface area (Å²) in [5.41, 5.74) is 0.926. The van der Waals surface area contributed by atoms with E-state index in [-0.39, 0.29) is 17.9 Å². The fourth-order valence-electron chi connectivity index (χ4n) is 3.48. The summed E-state index contributed by atoms with van der Waals surface area (Å²) in [5, 5.41) is 0. The van der Waals surface area contributed by atoms with Gasteiger partial charge in [0.1, 0.15) is 11.9 Å². The Labute approximate surface area is 198 Å². The van der Waals surface area contributed by atoms with Gasteiger partial charge >= 0.3 is 0 Å². The maximum Gasteiger partial charge on any atom is 0.252 e. The van der Waals surface area contributed by atoms with Crippen molar-refractivity contribution in [3.63, 3.8) is 0 Å². The second-order valence-corrected chi connectivity index (χ2v) is 10.3. The van der Waals surface area contributed by atoms with E-state index in [1.165, 1.54) is 6.20 Å². The molecule has 1 unspecified atom stereocenters. The standard InChI is InChI=1S/C22H17FIN3O4S/c23-16-3-9-19(10-4-16)32(30,31)26(14-15-2-1-11-25-13-15)20-12-21(28)27(22(20)29)18-7-5-17(24)6-8-18/h1-11,13,20H,12,14H2. The number of imide groups is 1. The highest BCUT2D eigenvalue weighted by molar-refractivity contribution is 14.1. The predicted molar refractivity (Wildman–Crippen MR) is 123 cm³/mol. The molecular weight excluding hydrogens is 548 g/mol. The summed E-state index contributed by atoms with van der Waals surface area (Å²) in [6.07, 6.45) is 2.74. The fourth-order valence-corrected chi connectivity index (χ4v) is 5.41. The summed E-state index contributed by atoms with van der Waals surface area (Å²) < 4.78 is 42.3. The number of halogens is 2. The van der Waals surface area contributed by atoms with Crippen LogP contribution < -0.4 is 4.90 Å². The van der Waals surface area contributed by atoms with Crippen molar-refractivity contribution in [2.75, 3.05) is 4.90 Å². The van der Waals surface area contributed by atoms with Crippen molar-refractivity contribution in [3.8, 4) is 0 Å². The molecule has 1 saturated heterocycles. The third-order valence-electron chi connectivity index (χ3n) is 5.04. The number of hydrogen-bond donors (Lipinski definition) is 0. The molecule has 1 aliphatic heterocycles. The molecule has 0 radical (unpaired) electrons. The third kappa shape index (κ3) is 4.43. The number of benzene rings is 2. The fraction of sp³-hybridized carbons (Fsp3) is 0.136. The Morgan fingerprint density at radius 2 is 1.75 bits per heavy atom. The van der Waals surface area contributed by atoms with Gasteiger partial charge in [-0.3, -0.25) is 14.6 Å². The molecule has 0 N–H and O–H groups in total. The van der Waals surface area contributed by atoms with E-state index in [1.54, 1.807) is 42.6 Å². The molecule has 7 nitrogen and oxygen atoms in total. The molecule has 4 rings (SSSR count). The average Bonchev–Trinajstić information content (AvgIpc) is 3.07. The van der Waals surface area contributed by atoms with E-state index in [0.29, 0.717) is 11.3 Å². The van der Waals surface area contributed by atoms with Crippen LogP contribution in [0.2, 0.25) is 0 Å². The molecule has 0 aliphatic carbocycles. The van der Waals surface area contributed by atoms with Crippen LogP contribution in [0, 0.1) is 9.39 Å². The Morgan fingerprint density at radius 3 is 2.38 bits per heavy atom. The molecule has 32 heavy (non-hydrogen) atoms. The van der Waals surface area contributed by atoms with Crippen molar-refractivity contribution >= 4 is 50.1 Å². The summed E-state index contributed by atoms with van der Waals surface area (Å²) in [5.74, 6) is -1.71. The lowest BCUT2D eigenvalue weighted by atomic mass is 10.2. The Balaban J connectivity index is 1.74. The van der Waals surface area contributed by atoms with Crippen molar-refractivity contribution < 1.29 is 22.4 Å². The van der Waals surface area contributed by atoms with Gasteiger partial charge in [-0.15, -0.1) is 0 Å². The molecule has 0 spiro atoms. The van der Waals surface area contributed by atoms with Crippen LogP contribution in [0.4, 0.5) is 10.1 Å². The Hall–Kier alpha value is -2.70. The lowest BCUT2D eigenvalue weighted by molar-refractivity contribution is -0.122. The minimum absolute atomic E-state index is 0.169. The van der Waals surface area contributed by atoms with Crippen LogP contribution >= 0.6 is 22.6 Å². The van der Waals surface area contributed by atoms with E-state index in [9.17, 15) is 22.4 Å². The average molecular weight is 565 g/mol. The highest BCUT2D eigenvalue weighted by atomic mass is 127. The van der Waals surface area contributed by atoms with Crippen LogP contribution in [0.3, 0.4) is 0 Å². The number of rotatable bonds is 6. The lowest BCUT2D eigenvalue weighted by Gasteiger charge is -2.27. The topological polar surface area (TPSA) is 87.6 Å². The van der Waals surface area contributed by atoms with Gasteiger partial charge in [0.05, 0.1) is 17.0 Å². The highest BCUT2D eigenvalue weighted by Crippen LogP contribution is 2.31. The van der Waals surface area contributed by atoms with Crippen molar-refractivity contribution in [1.82, 2.24) is 9.29 Å². The molecular formula is C22H17FIN3O4S. The second kappa shape index (κ2) is 9.04. The van der Waals surface area contributed by atoms with Gasteiger partial charge in [0.15, 0.2) is 0 Å². The number of carbonyl (C=O) groups excluding carboxylic acids is 2. The lowest BCUT2D eigenvalue weighted by Crippen LogP contribution is -2.45. The molecule has 2 amide bonds. The molecule has 3 aromatic rings. The number of aromatic nitrogens is 1. The van der Waals surface area contributed by atoms with Crippen LogP contribution in [0.1, 0.15) is 12.0 Å². The van der Waals surface area contributed by atoms with Crippen molar-refractivity contribution in [1.29, 1.82) is 0 Å². The minimum Gasteiger partial charge on any atom is -0.274 e. The Bertz CT molecular complexity index is 1250. The van der Waals surface area contributed by atoms with E-state index < -0.39 is 33.7 Å². The zero-order valence-corrected chi connectivity index (χ0v) is 19.5. The molecule has 2 aromatic carbocycles. The van der Waals surface area contributed by atoms with E-state index in [0.717, 1.165) is 37.0 Å². The first-order chi connectivity index (χ1) is 15.3. The third-order valence-corrected chi connectivity index (χ3v) is 7.62. The zero-order chi connectivity index (χ0) is 22.9. The normalized spacial score (nSPS) is 16.7. The Morgan fingerprint density at radius 1 is 1.06 bits per heavy atom. The monoisotopic (exact) mass is 565 g/mol. The Kier molecular flexibility index (Phi) is 6.35. The highest BCUT2D eigenvalue weighted by Gasteiger charge is 2.47. The van der Waals surface area contributed by atoms with Crippen LogP contribution in [0.15, 0.2) is 78.0 Å². The van der Waals surface area contributed by atoms with Gasteiger partial charge in [0, 0.05) is 22.5 Å². The van der Waals surface area contributed by atoms with Gasteiger partial charge in [0.2, 0.25) is 15.9 Å². The summed E-state index contributed by atoms with van der Waals surface area (Å²) in [6, 6.07) is 13.2. The van der Waals surface area contributed by atoms with Gasteiger partial charge in [-0.1, -0.05) is 6.07 Å². The molecule has 0 saturated carbocycles. The number of sulfonamides is 1.